The highest BCUT2D eigenvalue weighted by atomic mass is 32.2. The maximum absolute atomic E-state index is 11.6. The van der Waals surface area contributed by atoms with Gasteiger partial charge < -0.3 is 4.74 Å². The van der Waals surface area contributed by atoms with E-state index in [1.54, 1.807) is 7.11 Å². The standard InChI is InChI=1S/C14H15NO3S/c1-18-14-11-8-4-6-9-5-3-7-10(12(9)11)13(14)15-19(2,16)17/h3-8,13-15H,1-2H3. The van der Waals surface area contributed by atoms with Crippen molar-refractivity contribution in [3.8, 4) is 0 Å². The third kappa shape index (κ3) is 2.04. The SMILES string of the molecule is COC1c2cccc3cccc(c23)C1NS(C)(=O)=O. The van der Waals surface area contributed by atoms with Gasteiger partial charge in [-0.2, -0.15) is 0 Å². The fourth-order valence-corrected chi connectivity index (χ4v) is 3.57. The first-order valence-corrected chi connectivity index (χ1v) is 7.92. The average Bonchev–Trinajstić information content (AvgIpc) is 2.64. The highest BCUT2D eigenvalue weighted by Gasteiger charge is 2.35. The maximum atomic E-state index is 11.6. The van der Waals surface area contributed by atoms with Gasteiger partial charge in [0.15, 0.2) is 0 Å². The number of nitrogens with one attached hydrogen (secondary N) is 1. The topological polar surface area (TPSA) is 55.4 Å². The second kappa shape index (κ2) is 4.30. The summed E-state index contributed by atoms with van der Waals surface area (Å²) in [5.74, 6) is 0. The molecule has 0 spiro atoms. The largest absolute Gasteiger partial charge is 0.375 e. The van der Waals surface area contributed by atoms with Gasteiger partial charge in [0.1, 0.15) is 6.10 Å². The van der Waals surface area contributed by atoms with Gasteiger partial charge in [-0.3, -0.25) is 0 Å². The lowest BCUT2D eigenvalue weighted by Crippen LogP contribution is -2.30. The zero-order valence-corrected chi connectivity index (χ0v) is 11.6. The molecular formula is C14H15NO3S. The minimum Gasteiger partial charge on any atom is -0.375 e. The minimum atomic E-state index is -3.29. The Bertz CT molecular complexity index is 734. The Morgan fingerprint density at radius 1 is 1.11 bits per heavy atom. The first-order valence-electron chi connectivity index (χ1n) is 6.03. The highest BCUT2D eigenvalue weighted by molar-refractivity contribution is 7.88. The fraction of sp³-hybridized carbons (Fsp3) is 0.286. The van der Waals surface area contributed by atoms with Crippen molar-refractivity contribution in [2.45, 2.75) is 12.1 Å². The molecule has 0 saturated carbocycles. The van der Waals surface area contributed by atoms with Crippen LogP contribution in [0.2, 0.25) is 0 Å². The van der Waals surface area contributed by atoms with Crippen molar-refractivity contribution in [1.29, 1.82) is 0 Å². The number of ether oxygens (including phenoxy) is 1. The van der Waals surface area contributed by atoms with Crippen LogP contribution in [0.4, 0.5) is 0 Å². The highest BCUT2D eigenvalue weighted by Crippen LogP contribution is 2.45. The molecule has 2 atom stereocenters. The van der Waals surface area contributed by atoms with Gasteiger partial charge in [0.25, 0.3) is 0 Å². The maximum Gasteiger partial charge on any atom is 0.209 e. The molecule has 0 bridgehead atoms. The van der Waals surface area contributed by atoms with Crippen molar-refractivity contribution < 1.29 is 13.2 Å². The number of hydrogen-bond acceptors (Lipinski definition) is 3. The zero-order chi connectivity index (χ0) is 13.6. The van der Waals surface area contributed by atoms with Crippen molar-refractivity contribution in [3.05, 3.63) is 47.5 Å². The summed E-state index contributed by atoms with van der Waals surface area (Å²) >= 11 is 0. The predicted molar refractivity (Wildman–Crippen MR) is 74.4 cm³/mol. The molecule has 5 heteroatoms. The number of methoxy groups -OCH3 is 1. The summed E-state index contributed by atoms with van der Waals surface area (Å²) in [6, 6.07) is 11.5. The Morgan fingerprint density at radius 2 is 1.74 bits per heavy atom. The summed E-state index contributed by atoms with van der Waals surface area (Å²) in [6.07, 6.45) is 0.888. The molecule has 1 aliphatic carbocycles. The summed E-state index contributed by atoms with van der Waals surface area (Å²) in [6.45, 7) is 0. The molecule has 2 aromatic carbocycles. The minimum absolute atomic E-state index is 0.282. The van der Waals surface area contributed by atoms with E-state index < -0.39 is 10.0 Å². The van der Waals surface area contributed by atoms with Gasteiger partial charge in [0, 0.05) is 7.11 Å². The molecule has 0 saturated heterocycles. The second-order valence-electron chi connectivity index (χ2n) is 4.82. The van der Waals surface area contributed by atoms with Crippen LogP contribution in [0, 0.1) is 0 Å². The summed E-state index contributed by atoms with van der Waals surface area (Å²) in [4.78, 5) is 0. The van der Waals surface area contributed by atoms with E-state index in [2.05, 4.69) is 4.72 Å². The zero-order valence-electron chi connectivity index (χ0n) is 10.8. The van der Waals surface area contributed by atoms with Crippen LogP contribution in [0.3, 0.4) is 0 Å². The Hall–Kier alpha value is -1.43. The van der Waals surface area contributed by atoms with E-state index in [-0.39, 0.29) is 12.1 Å². The molecule has 1 N–H and O–H groups in total. The third-order valence-corrected chi connectivity index (χ3v) is 4.19. The van der Waals surface area contributed by atoms with E-state index in [4.69, 9.17) is 4.74 Å². The predicted octanol–water partition coefficient (Wildman–Crippen LogP) is 2.13. The molecule has 3 rings (SSSR count). The van der Waals surface area contributed by atoms with Crippen LogP contribution in [-0.4, -0.2) is 21.8 Å². The van der Waals surface area contributed by atoms with Crippen molar-refractivity contribution >= 4 is 20.8 Å². The molecule has 4 nitrogen and oxygen atoms in total. The Kier molecular flexibility index (Phi) is 2.85. The van der Waals surface area contributed by atoms with E-state index in [1.165, 1.54) is 6.26 Å². The Labute approximate surface area is 112 Å². The fourth-order valence-electron chi connectivity index (χ4n) is 2.86. The molecule has 0 aliphatic heterocycles. The van der Waals surface area contributed by atoms with E-state index in [0.29, 0.717) is 0 Å². The lowest BCUT2D eigenvalue weighted by atomic mass is 10.1. The Balaban J connectivity index is 2.22. The molecule has 2 unspecified atom stereocenters. The van der Waals surface area contributed by atoms with Gasteiger partial charge in [-0.25, -0.2) is 13.1 Å². The van der Waals surface area contributed by atoms with Crippen LogP contribution in [0.1, 0.15) is 23.3 Å². The third-order valence-electron chi connectivity index (χ3n) is 3.51. The second-order valence-corrected chi connectivity index (χ2v) is 6.60. The number of rotatable bonds is 3. The normalized spacial score (nSPS) is 22.0. The van der Waals surface area contributed by atoms with Crippen LogP contribution in [0.5, 0.6) is 0 Å². The molecule has 1 aliphatic rings. The van der Waals surface area contributed by atoms with Crippen molar-refractivity contribution in [3.63, 3.8) is 0 Å². The van der Waals surface area contributed by atoms with Crippen LogP contribution in [0.25, 0.3) is 10.8 Å². The van der Waals surface area contributed by atoms with Crippen LogP contribution >= 0.6 is 0 Å². The van der Waals surface area contributed by atoms with Gasteiger partial charge in [-0.05, 0) is 21.9 Å². The van der Waals surface area contributed by atoms with Crippen LogP contribution in [0.15, 0.2) is 36.4 Å². The van der Waals surface area contributed by atoms with Crippen LogP contribution < -0.4 is 4.72 Å². The average molecular weight is 277 g/mol. The number of benzene rings is 2. The van der Waals surface area contributed by atoms with Crippen molar-refractivity contribution in [2.24, 2.45) is 0 Å². The van der Waals surface area contributed by atoms with Gasteiger partial charge in [-0.1, -0.05) is 36.4 Å². The number of hydrogen-bond donors (Lipinski definition) is 1. The molecule has 0 aromatic heterocycles. The molecular weight excluding hydrogens is 262 g/mol. The van der Waals surface area contributed by atoms with Crippen molar-refractivity contribution in [1.82, 2.24) is 4.72 Å². The molecule has 0 amide bonds. The van der Waals surface area contributed by atoms with Crippen molar-refractivity contribution in [2.75, 3.05) is 13.4 Å². The summed E-state index contributed by atoms with van der Waals surface area (Å²) < 4.78 is 31.3. The van der Waals surface area contributed by atoms with Gasteiger partial charge in [0.2, 0.25) is 10.0 Å². The first-order chi connectivity index (χ1) is 9.01. The molecule has 19 heavy (non-hydrogen) atoms. The number of sulfonamides is 1. The molecule has 0 fully saturated rings. The molecule has 0 radical (unpaired) electrons. The quantitative estimate of drug-likeness (QED) is 0.935. The van der Waals surface area contributed by atoms with E-state index in [0.717, 1.165) is 21.9 Å². The first kappa shape index (κ1) is 12.6. The van der Waals surface area contributed by atoms with Gasteiger partial charge >= 0.3 is 0 Å². The lowest BCUT2D eigenvalue weighted by molar-refractivity contribution is 0.0813. The molecule has 100 valence electrons. The summed E-state index contributed by atoms with van der Waals surface area (Å²) in [5.41, 5.74) is 2.02. The Morgan fingerprint density at radius 3 is 2.32 bits per heavy atom. The summed E-state index contributed by atoms with van der Waals surface area (Å²) in [7, 11) is -1.69. The van der Waals surface area contributed by atoms with Gasteiger partial charge in [0.05, 0.1) is 12.3 Å². The van der Waals surface area contributed by atoms with Gasteiger partial charge in [-0.15, -0.1) is 0 Å². The summed E-state index contributed by atoms with van der Waals surface area (Å²) in [5, 5.41) is 2.20. The lowest BCUT2D eigenvalue weighted by Gasteiger charge is -2.20. The molecule has 2 aromatic rings. The molecule has 0 heterocycles. The smallest absolute Gasteiger partial charge is 0.209 e. The van der Waals surface area contributed by atoms with E-state index in [9.17, 15) is 8.42 Å². The van der Waals surface area contributed by atoms with Crippen LogP contribution in [-0.2, 0) is 14.8 Å². The monoisotopic (exact) mass is 277 g/mol. The van der Waals surface area contributed by atoms with E-state index >= 15 is 0 Å². The van der Waals surface area contributed by atoms with E-state index in [1.807, 2.05) is 36.4 Å².